The van der Waals surface area contributed by atoms with Crippen LogP contribution in [-0.4, -0.2) is 34.3 Å². The van der Waals surface area contributed by atoms with E-state index in [2.05, 4.69) is 10.3 Å². The monoisotopic (exact) mass is 244 g/mol. The summed E-state index contributed by atoms with van der Waals surface area (Å²) in [5.74, 6) is -0.561. The van der Waals surface area contributed by atoms with Gasteiger partial charge in [0.25, 0.3) is 0 Å². The van der Waals surface area contributed by atoms with Gasteiger partial charge in [-0.05, 0) is 12.0 Å². The molecule has 16 heavy (non-hydrogen) atoms. The van der Waals surface area contributed by atoms with Gasteiger partial charge in [0.2, 0.25) is 0 Å². The number of hydrogen-bond donors (Lipinski definition) is 3. The van der Waals surface area contributed by atoms with E-state index in [9.17, 15) is 4.79 Å². The fraction of sp³-hybridized carbons (Fsp3) is 0.400. The summed E-state index contributed by atoms with van der Waals surface area (Å²) in [5, 5.41) is 20.7. The summed E-state index contributed by atoms with van der Waals surface area (Å²) in [7, 11) is 0. The summed E-state index contributed by atoms with van der Waals surface area (Å²) in [6.45, 7) is 2.46. The second kappa shape index (κ2) is 5.67. The molecule has 0 fully saturated rings. The molecule has 0 aliphatic rings. The van der Waals surface area contributed by atoms with E-state index in [1.54, 1.807) is 0 Å². The summed E-state index contributed by atoms with van der Waals surface area (Å²) in [4.78, 5) is 14.5. The SMILES string of the molecule is CC(CO)CNc1ncc(C(=O)O)cc1Cl. The standard InChI is InChI=1S/C10H13ClN2O3/c1-6(5-14)3-12-9-8(11)2-7(4-13-9)10(15)16/h2,4,6,14H,3,5H2,1H3,(H,12,13)(H,15,16). The number of hydrogen-bond acceptors (Lipinski definition) is 4. The first-order valence-corrected chi connectivity index (χ1v) is 5.16. The molecule has 1 aromatic heterocycles. The molecule has 1 unspecified atom stereocenters. The Morgan fingerprint density at radius 3 is 2.88 bits per heavy atom. The van der Waals surface area contributed by atoms with Crippen LogP contribution in [0.2, 0.25) is 5.02 Å². The van der Waals surface area contributed by atoms with Crippen molar-refractivity contribution in [1.29, 1.82) is 0 Å². The third-order valence-electron chi connectivity index (χ3n) is 2.02. The van der Waals surface area contributed by atoms with Crippen molar-refractivity contribution in [2.24, 2.45) is 5.92 Å². The average molecular weight is 245 g/mol. The lowest BCUT2D eigenvalue weighted by Gasteiger charge is -2.11. The maximum Gasteiger partial charge on any atom is 0.337 e. The van der Waals surface area contributed by atoms with Crippen LogP contribution in [0.3, 0.4) is 0 Å². The Labute approximate surface area is 98.1 Å². The Balaban J connectivity index is 2.72. The molecule has 1 atom stereocenters. The van der Waals surface area contributed by atoms with Crippen LogP contribution >= 0.6 is 11.6 Å². The number of aliphatic hydroxyl groups is 1. The number of aliphatic hydroxyl groups excluding tert-OH is 1. The van der Waals surface area contributed by atoms with Crippen molar-refractivity contribution in [3.63, 3.8) is 0 Å². The van der Waals surface area contributed by atoms with E-state index in [0.717, 1.165) is 0 Å². The molecular formula is C10H13ClN2O3. The normalized spacial score (nSPS) is 12.2. The number of aromatic carboxylic acids is 1. The van der Waals surface area contributed by atoms with Crippen LogP contribution in [-0.2, 0) is 0 Å². The number of nitrogens with one attached hydrogen (secondary N) is 1. The van der Waals surface area contributed by atoms with E-state index in [4.69, 9.17) is 21.8 Å². The van der Waals surface area contributed by atoms with Crippen molar-refractivity contribution in [1.82, 2.24) is 4.98 Å². The van der Waals surface area contributed by atoms with Gasteiger partial charge in [-0.3, -0.25) is 0 Å². The predicted octanol–water partition coefficient (Wildman–Crippen LogP) is 1.47. The molecule has 0 aliphatic heterocycles. The van der Waals surface area contributed by atoms with Gasteiger partial charge >= 0.3 is 5.97 Å². The summed E-state index contributed by atoms with van der Waals surface area (Å²) in [5.41, 5.74) is 0.0470. The topological polar surface area (TPSA) is 82.5 Å². The van der Waals surface area contributed by atoms with Gasteiger partial charge in [0.1, 0.15) is 5.82 Å². The van der Waals surface area contributed by atoms with Crippen LogP contribution < -0.4 is 5.32 Å². The molecule has 1 aromatic rings. The fourth-order valence-electron chi connectivity index (χ4n) is 1.02. The van der Waals surface area contributed by atoms with Crippen LogP contribution in [0.25, 0.3) is 0 Å². The largest absolute Gasteiger partial charge is 0.478 e. The molecular weight excluding hydrogens is 232 g/mol. The Morgan fingerprint density at radius 2 is 2.38 bits per heavy atom. The van der Waals surface area contributed by atoms with Gasteiger partial charge in [-0.1, -0.05) is 18.5 Å². The summed E-state index contributed by atoms with van der Waals surface area (Å²) in [6, 6.07) is 1.34. The fourth-order valence-corrected chi connectivity index (χ4v) is 1.25. The Hall–Kier alpha value is -1.33. The molecule has 0 saturated heterocycles. The van der Waals surface area contributed by atoms with Gasteiger partial charge < -0.3 is 15.5 Å². The van der Waals surface area contributed by atoms with Gasteiger partial charge in [-0.25, -0.2) is 9.78 Å². The molecule has 3 N–H and O–H groups in total. The molecule has 0 radical (unpaired) electrons. The molecule has 88 valence electrons. The lowest BCUT2D eigenvalue weighted by atomic mass is 10.2. The number of carboxylic acids is 1. The molecule has 1 rings (SSSR count). The van der Waals surface area contributed by atoms with Crippen molar-refractivity contribution in [3.05, 3.63) is 22.8 Å². The first-order chi connectivity index (χ1) is 7.54. The highest BCUT2D eigenvalue weighted by Crippen LogP contribution is 2.20. The second-order valence-electron chi connectivity index (χ2n) is 3.53. The maximum atomic E-state index is 10.6. The third kappa shape index (κ3) is 3.36. The second-order valence-corrected chi connectivity index (χ2v) is 3.94. The van der Waals surface area contributed by atoms with Crippen molar-refractivity contribution in [3.8, 4) is 0 Å². The van der Waals surface area contributed by atoms with Crippen LogP contribution in [0.1, 0.15) is 17.3 Å². The van der Waals surface area contributed by atoms with E-state index >= 15 is 0 Å². The van der Waals surface area contributed by atoms with Crippen molar-refractivity contribution in [2.45, 2.75) is 6.92 Å². The molecule has 0 saturated carbocycles. The zero-order valence-electron chi connectivity index (χ0n) is 8.77. The molecule has 1 heterocycles. The van der Waals surface area contributed by atoms with Crippen LogP contribution in [0.5, 0.6) is 0 Å². The van der Waals surface area contributed by atoms with Gasteiger partial charge in [-0.2, -0.15) is 0 Å². The molecule has 6 heteroatoms. The first kappa shape index (κ1) is 12.7. The van der Waals surface area contributed by atoms with Crippen LogP contribution in [0.15, 0.2) is 12.3 Å². The highest BCUT2D eigenvalue weighted by atomic mass is 35.5. The van der Waals surface area contributed by atoms with Gasteiger partial charge in [0.15, 0.2) is 0 Å². The Kier molecular flexibility index (Phi) is 4.52. The van der Waals surface area contributed by atoms with E-state index < -0.39 is 5.97 Å². The number of carboxylic acid groups (broad SMARTS) is 1. The van der Waals surface area contributed by atoms with E-state index in [-0.39, 0.29) is 23.1 Å². The zero-order valence-corrected chi connectivity index (χ0v) is 9.53. The Bertz CT molecular complexity index is 384. The highest BCUT2D eigenvalue weighted by Gasteiger charge is 2.09. The lowest BCUT2D eigenvalue weighted by Crippen LogP contribution is -2.15. The maximum absolute atomic E-state index is 10.6. The van der Waals surface area contributed by atoms with E-state index in [1.165, 1.54) is 12.3 Å². The van der Waals surface area contributed by atoms with Gasteiger partial charge in [0, 0.05) is 19.3 Å². The number of nitrogens with zero attached hydrogens (tertiary/aromatic N) is 1. The van der Waals surface area contributed by atoms with Crippen LogP contribution in [0.4, 0.5) is 5.82 Å². The number of carbonyl (C=O) groups is 1. The lowest BCUT2D eigenvalue weighted by molar-refractivity contribution is 0.0696. The molecule has 5 nitrogen and oxygen atoms in total. The number of aromatic nitrogens is 1. The van der Waals surface area contributed by atoms with E-state index in [1.807, 2.05) is 6.92 Å². The minimum atomic E-state index is -1.07. The molecule has 0 aromatic carbocycles. The zero-order chi connectivity index (χ0) is 12.1. The first-order valence-electron chi connectivity index (χ1n) is 4.78. The number of rotatable bonds is 5. The molecule has 0 bridgehead atoms. The summed E-state index contributed by atoms with van der Waals surface area (Å²) in [6.07, 6.45) is 1.24. The van der Waals surface area contributed by atoms with Crippen LogP contribution in [0, 0.1) is 5.92 Å². The predicted molar refractivity (Wildman–Crippen MR) is 60.9 cm³/mol. The van der Waals surface area contributed by atoms with Crippen molar-refractivity contribution < 1.29 is 15.0 Å². The Morgan fingerprint density at radius 1 is 1.69 bits per heavy atom. The average Bonchev–Trinajstić information content (AvgIpc) is 2.26. The number of anilines is 1. The minimum absolute atomic E-state index is 0.0470. The molecule has 0 spiro atoms. The number of halogens is 1. The van der Waals surface area contributed by atoms with Gasteiger partial charge in [0.05, 0.1) is 10.6 Å². The molecule has 0 aliphatic carbocycles. The third-order valence-corrected chi connectivity index (χ3v) is 2.31. The molecule has 0 amide bonds. The summed E-state index contributed by atoms with van der Waals surface area (Å²) >= 11 is 5.85. The minimum Gasteiger partial charge on any atom is -0.478 e. The van der Waals surface area contributed by atoms with Crippen molar-refractivity contribution in [2.75, 3.05) is 18.5 Å². The summed E-state index contributed by atoms with van der Waals surface area (Å²) < 4.78 is 0. The van der Waals surface area contributed by atoms with E-state index in [0.29, 0.717) is 12.4 Å². The number of pyridine rings is 1. The highest BCUT2D eigenvalue weighted by molar-refractivity contribution is 6.33. The van der Waals surface area contributed by atoms with Gasteiger partial charge in [-0.15, -0.1) is 0 Å². The van der Waals surface area contributed by atoms with Crippen molar-refractivity contribution >= 4 is 23.4 Å². The quantitative estimate of drug-likeness (QED) is 0.731. The smallest absolute Gasteiger partial charge is 0.337 e.